The Labute approximate surface area is 187 Å². The van der Waals surface area contributed by atoms with Gasteiger partial charge in [-0.1, -0.05) is 78.9 Å². The molecular formula is C26H26N2O4. The summed E-state index contributed by atoms with van der Waals surface area (Å²) >= 11 is 0. The number of rotatable bonds is 8. The van der Waals surface area contributed by atoms with Crippen molar-refractivity contribution in [3.63, 3.8) is 0 Å². The molecule has 0 saturated heterocycles. The first-order valence-corrected chi connectivity index (χ1v) is 10.7. The highest BCUT2D eigenvalue weighted by atomic mass is 16.5. The second kappa shape index (κ2) is 10.1. The van der Waals surface area contributed by atoms with Crippen LogP contribution in [0.4, 0.5) is 4.79 Å². The Kier molecular flexibility index (Phi) is 6.82. The van der Waals surface area contributed by atoms with Crippen molar-refractivity contribution in [3.05, 3.63) is 95.6 Å². The van der Waals surface area contributed by atoms with Gasteiger partial charge in [0, 0.05) is 12.5 Å². The Bertz CT molecular complexity index is 1040. The molecule has 0 spiro atoms. The fourth-order valence-electron chi connectivity index (χ4n) is 3.93. The largest absolute Gasteiger partial charge is 0.460 e. The minimum Gasteiger partial charge on any atom is -0.460 e. The zero-order chi connectivity index (χ0) is 22.3. The molecule has 0 aliphatic heterocycles. The number of esters is 1. The van der Waals surface area contributed by atoms with Gasteiger partial charge in [-0.25, -0.2) is 4.79 Å². The first-order valence-electron chi connectivity index (χ1n) is 10.7. The van der Waals surface area contributed by atoms with Crippen LogP contribution in [-0.4, -0.2) is 31.3 Å². The predicted octanol–water partition coefficient (Wildman–Crippen LogP) is 3.99. The quantitative estimate of drug-likeness (QED) is 0.528. The van der Waals surface area contributed by atoms with Crippen molar-refractivity contribution in [1.29, 1.82) is 0 Å². The Morgan fingerprint density at radius 3 is 2.09 bits per heavy atom. The van der Waals surface area contributed by atoms with Gasteiger partial charge in [0.2, 0.25) is 0 Å². The van der Waals surface area contributed by atoms with E-state index in [1.807, 2.05) is 54.6 Å². The monoisotopic (exact) mass is 430 g/mol. The maximum absolute atomic E-state index is 12.2. The van der Waals surface area contributed by atoms with Crippen molar-refractivity contribution >= 4 is 12.1 Å². The van der Waals surface area contributed by atoms with Gasteiger partial charge in [0.1, 0.15) is 19.3 Å². The van der Waals surface area contributed by atoms with Gasteiger partial charge in [0.05, 0.1) is 0 Å². The number of hydrogen-bond acceptors (Lipinski definition) is 5. The summed E-state index contributed by atoms with van der Waals surface area (Å²) in [7, 11) is 0. The van der Waals surface area contributed by atoms with Crippen LogP contribution in [0, 0.1) is 0 Å². The third-order valence-electron chi connectivity index (χ3n) is 5.60. The lowest BCUT2D eigenvalue weighted by molar-refractivity contribution is -0.146. The molecule has 6 nitrogen and oxygen atoms in total. The summed E-state index contributed by atoms with van der Waals surface area (Å²) in [5.74, 6) is -0.494. The molecule has 6 heteroatoms. The molecule has 1 atom stereocenters. The predicted molar refractivity (Wildman–Crippen MR) is 122 cm³/mol. The van der Waals surface area contributed by atoms with E-state index in [4.69, 9.17) is 15.2 Å². The van der Waals surface area contributed by atoms with E-state index in [0.29, 0.717) is 0 Å². The van der Waals surface area contributed by atoms with Gasteiger partial charge in [0.25, 0.3) is 0 Å². The average Bonchev–Trinajstić information content (AvgIpc) is 3.15. The molecule has 0 aromatic heterocycles. The van der Waals surface area contributed by atoms with Gasteiger partial charge in [0.15, 0.2) is 0 Å². The van der Waals surface area contributed by atoms with Crippen LogP contribution in [0.2, 0.25) is 0 Å². The lowest BCUT2D eigenvalue weighted by Gasteiger charge is -2.15. The van der Waals surface area contributed by atoms with Gasteiger partial charge in [-0.05, 0) is 34.2 Å². The second-order valence-electron chi connectivity index (χ2n) is 7.74. The molecule has 0 heterocycles. The summed E-state index contributed by atoms with van der Waals surface area (Å²) in [6.07, 6.45) is -0.269. The van der Waals surface area contributed by atoms with E-state index >= 15 is 0 Å². The molecule has 0 bridgehead atoms. The number of nitrogens with two attached hydrogens (primary N) is 1. The normalized spacial score (nSPS) is 13.0. The Hall–Kier alpha value is -3.64. The molecule has 0 radical (unpaired) electrons. The summed E-state index contributed by atoms with van der Waals surface area (Å²) in [4.78, 5) is 24.2. The smallest absolute Gasteiger partial charge is 0.407 e. The van der Waals surface area contributed by atoms with Crippen LogP contribution < -0.4 is 11.1 Å². The Morgan fingerprint density at radius 2 is 1.44 bits per heavy atom. The molecule has 4 rings (SSSR count). The highest BCUT2D eigenvalue weighted by molar-refractivity contribution is 5.79. The summed E-state index contributed by atoms with van der Waals surface area (Å²) in [6, 6.07) is 24.9. The topological polar surface area (TPSA) is 90.6 Å². The highest BCUT2D eigenvalue weighted by Gasteiger charge is 2.29. The first kappa shape index (κ1) is 21.6. The van der Waals surface area contributed by atoms with Crippen molar-refractivity contribution in [2.24, 2.45) is 5.73 Å². The van der Waals surface area contributed by atoms with E-state index in [1.54, 1.807) is 0 Å². The third kappa shape index (κ3) is 4.98. The summed E-state index contributed by atoms with van der Waals surface area (Å²) < 4.78 is 10.7. The van der Waals surface area contributed by atoms with Crippen molar-refractivity contribution in [1.82, 2.24) is 5.32 Å². The number of carbonyl (C=O) groups is 2. The number of fused-ring (bicyclic) bond motifs is 3. The van der Waals surface area contributed by atoms with Gasteiger partial charge in [-0.3, -0.25) is 4.79 Å². The maximum Gasteiger partial charge on any atom is 0.407 e. The van der Waals surface area contributed by atoms with Crippen LogP contribution in [0.5, 0.6) is 0 Å². The molecule has 3 aromatic carbocycles. The number of amides is 1. The highest BCUT2D eigenvalue weighted by Crippen LogP contribution is 2.44. The molecule has 3 N–H and O–H groups in total. The minimum atomic E-state index is -0.812. The Balaban J connectivity index is 1.22. The first-order chi connectivity index (χ1) is 15.6. The number of hydrogen-bond donors (Lipinski definition) is 2. The standard InChI is InChI=1S/C26H26N2O4/c27-24(25(29)31-16-18-8-2-1-3-9-18)14-15-28-26(30)32-17-23-21-12-6-4-10-19(21)20-11-5-7-13-22(20)23/h1-13,23-24H,14-17,27H2,(H,28,30)/t24-/m1/s1. The maximum atomic E-state index is 12.2. The summed E-state index contributed by atoms with van der Waals surface area (Å²) in [5.41, 5.74) is 11.4. The molecular weight excluding hydrogens is 404 g/mol. The number of ether oxygens (including phenoxy) is 2. The van der Waals surface area contributed by atoms with Crippen LogP contribution in [0.25, 0.3) is 11.1 Å². The van der Waals surface area contributed by atoms with Gasteiger partial charge >= 0.3 is 12.1 Å². The van der Waals surface area contributed by atoms with E-state index in [-0.39, 0.29) is 32.1 Å². The molecule has 1 aliphatic carbocycles. The van der Waals surface area contributed by atoms with Crippen molar-refractivity contribution < 1.29 is 19.1 Å². The van der Waals surface area contributed by atoms with Crippen LogP contribution in [-0.2, 0) is 20.9 Å². The molecule has 0 fully saturated rings. The molecule has 1 aliphatic rings. The lowest BCUT2D eigenvalue weighted by atomic mass is 9.98. The molecule has 0 saturated carbocycles. The summed E-state index contributed by atoms with van der Waals surface area (Å²) in [5, 5.41) is 2.67. The van der Waals surface area contributed by atoms with Gasteiger partial charge in [-0.15, -0.1) is 0 Å². The van der Waals surface area contributed by atoms with Crippen molar-refractivity contribution in [3.8, 4) is 11.1 Å². The van der Waals surface area contributed by atoms with E-state index < -0.39 is 18.1 Å². The fraction of sp³-hybridized carbons (Fsp3) is 0.231. The number of alkyl carbamates (subject to hydrolysis) is 1. The summed E-state index contributed by atoms with van der Waals surface area (Å²) in [6.45, 7) is 0.635. The number of nitrogens with one attached hydrogen (secondary N) is 1. The second-order valence-corrected chi connectivity index (χ2v) is 7.74. The van der Waals surface area contributed by atoms with Crippen LogP contribution in [0.15, 0.2) is 78.9 Å². The minimum absolute atomic E-state index is 0.00312. The molecule has 164 valence electrons. The SMILES string of the molecule is N[C@H](CCNC(=O)OCC1c2ccccc2-c2ccccc21)C(=O)OCc1ccccc1. The van der Waals surface area contributed by atoms with Crippen LogP contribution >= 0.6 is 0 Å². The van der Waals surface area contributed by atoms with E-state index in [1.165, 1.54) is 11.1 Å². The lowest BCUT2D eigenvalue weighted by Crippen LogP contribution is -2.37. The van der Waals surface area contributed by atoms with E-state index in [0.717, 1.165) is 16.7 Å². The van der Waals surface area contributed by atoms with Crippen molar-refractivity contribution in [2.45, 2.75) is 25.0 Å². The van der Waals surface area contributed by atoms with E-state index in [2.05, 4.69) is 29.6 Å². The van der Waals surface area contributed by atoms with Gasteiger partial charge in [-0.2, -0.15) is 0 Å². The van der Waals surface area contributed by atoms with Crippen LogP contribution in [0.3, 0.4) is 0 Å². The van der Waals surface area contributed by atoms with Crippen molar-refractivity contribution in [2.75, 3.05) is 13.2 Å². The zero-order valence-corrected chi connectivity index (χ0v) is 17.7. The van der Waals surface area contributed by atoms with Crippen LogP contribution in [0.1, 0.15) is 29.0 Å². The van der Waals surface area contributed by atoms with Gasteiger partial charge < -0.3 is 20.5 Å². The molecule has 3 aromatic rings. The Morgan fingerprint density at radius 1 is 0.844 bits per heavy atom. The molecule has 1 amide bonds. The zero-order valence-electron chi connectivity index (χ0n) is 17.7. The fourth-order valence-corrected chi connectivity index (χ4v) is 3.93. The average molecular weight is 431 g/mol. The third-order valence-corrected chi connectivity index (χ3v) is 5.60. The molecule has 32 heavy (non-hydrogen) atoms. The molecule has 0 unspecified atom stereocenters. The number of benzene rings is 3. The van der Waals surface area contributed by atoms with E-state index in [9.17, 15) is 9.59 Å². The number of carbonyl (C=O) groups excluding carboxylic acids is 2.